The Bertz CT molecular complexity index is 620. The van der Waals surface area contributed by atoms with Crippen LogP contribution in [0.5, 0.6) is 0 Å². The number of hydrogen-bond donors (Lipinski definition) is 2. The second kappa shape index (κ2) is 6.22. The lowest BCUT2D eigenvalue weighted by Gasteiger charge is -2.20. The molecule has 6 heteroatoms. The van der Waals surface area contributed by atoms with Crippen LogP contribution in [0, 0.1) is 0 Å². The molecule has 0 radical (unpaired) electrons. The van der Waals surface area contributed by atoms with Gasteiger partial charge in [0, 0.05) is 23.9 Å². The maximum absolute atomic E-state index is 12.1. The number of carbonyl (C=O) groups is 1. The molecule has 3 rings (SSSR count). The van der Waals surface area contributed by atoms with Crippen molar-refractivity contribution in [3.63, 3.8) is 0 Å². The average Bonchev–Trinajstić information content (AvgIpc) is 2.89. The molecule has 1 aliphatic rings. The van der Waals surface area contributed by atoms with Crippen molar-refractivity contribution >= 4 is 27.4 Å². The lowest BCUT2D eigenvalue weighted by Crippen LogP contribution is -2.12. The largest absolute Gasteiger partial charge is 0.389 e. The van der Waals surface area contributed by atoms with Crippen LogP contribution in [0.2, 0.25) is 0 Å². The van der Waals surface area contributed by atoms with Crippen LogP contribution in [0.15, 0.2) is 24.5 Å². The summed E-state index contributed by atoms with van der Waals surface area (Å²) < 4.78 is 0. The number of nitrogens with two attached hydrogens (primary N) is 1. The predicted octanol–water partition coefficient (Wildman–Crippen LogP) is 3.42. The summed E-state index contributed by atoms with van der Waals surface area (Å²) in [4.78, 5) is 20.5. The summed E-state index contributed by atoms with van der Waals surface area (Å²) in [6.45, 7) is 0. The molecule has 1 saturated carbocycles. The second-order valence-electron chi connectivity index (χ2n) is 5.29. The number of anilines is 2. The van der Waals surface area contributed by atoms with E-state index in [4.69, 9.17) is 5.73 Å². The highest BCUT2D eigenvalue weighted by Gasteiger charge is 2.22. The van der Waals surface area contributed by atoms with Crippen molar-refractivity contribution in [3.05, 3.63) is 35.8 Å². The molecule has 0 aliphatic heterocycles. The van der Waals surface area contributed by atoms with Gasteiger partial charge in [0.25, 0.3) is 5.91 Å². The van der Waals surface area contributed by atoms with Gasteiger partial charge in [-0.15, -0.1) is 0 Å². The third-order valence-corrected chi connectivity index (χ3v) is 4.65. The van der Waals surface area contributed by atoms with Crippen molar-refractivity contribution in [1.29, 1.82) is 0 Å². The molecule has 0 unspecified atom stereocenters. The Hall–Kier alpha value is -1.95. The third-order valence-electron chi connectivity index (χ3n) is 3.84. The van der Waals surface area contributed by atoms with Crippen molar-refractivity contribution in [2.24, 2.45) is 0 Å². The minimum absolute atomic E-state index is 0.179. The van der Waals surface area contributed by atoms with Gasteiger partial charge in [-0.3, -0.25) is 15.1 Å². The standard InChI is InChI=1S/C15H18N4OS/c16-13-12(10-4-2-1-3-5-10)18-15(21-13)19-14(20)11-6-8-17-9-7-11/h6-10H,1-5,16H2,(H,18,19,20). The zero-order chi connectivity index (χ0) is 14.7. The molecule has 1 aliphatic carbocycles. The maximum atomic E-state index is 12.1. The van der Waals surface area contributed by atoms with Gasteiger partial charge in [0.05, 0.1) is 5.69 Å². The Labute approximate surface area is 127 Å². The summed E-state index contributed by atoms with van der Waals surface area (Å²) in [5, 5.41) is 4.13. The normalized spacial score (nSPS) is 15.8. The van der Waals surface area contributed by atoms with Crippen molar-refractivity contribution in [2.45, 2.75) is 38.0 Å². The maximum Gasteiger partial charge on any atom is 0.257 e. The van der Waals surface area contributed by atoms with E-state index in [1.165, 1.54) is 30.6 Å². The highest BCUT2D eigenvalue weighted by atomic mass is 32.1. The molecular formula is C15H18N4OS. The number of nitrogen functional groups attached to an aromatic ring is 1. The Morgan fingerprint density at radius 1 is 1.24 bits per heavy atom. The van der Waals surface area contributed by atoms with Crippen molar-refractivity contribution in [1.82, 2.24) is 9.97 Å². The molecule has 110 valence electrons. The summed E-state index contributed by atoms with van der Waals surface area (Å²) >= 11 is 1.35. The number of pyridine rings is 1. The monoisotopic (exact) mass is 302 g/mol. The van der Waals surface area contributed by atoms with Gasteiger partial charge in [-0.1, -0.05) is 30.6 Å². The highest BCUT2D eigenvalue weighted by molar-refractivity contribution is 7.19. The summed E-state index contributed by atoms with van der Waals surface area (Å²) in [6, 6.07) is 3.35. The van der Waals surface area contributed by atoms with E-state index in [1.807, 2.05) is 0 Å². The van der Waals surface area contributed by atoms with Crippen LogP contribution < -0.4 is 11.1 Å². The number of rotatable bonds is 3. The van der Waals surface area contributed by atoms with E-state index in [-0.39, 0.29) is 5.91 Å². The van der Waals surface area contributed by atoms with Crippen LogP contribution in [0.1, 0.15) is 54.1 Å². The van der Waals surface area contributed by atoms with E-state index in [0.717, 1.165) is 23.5 Å². The number of amides is 1. The van der Waals surface area contributed by atoms with Gasteiger partial charge in [0.15, 0.2) is 5.13 Å². The Kier molecular flexibility index (Phi) is 4.15. The zero-order valence-electron chi connectivity index (χ0n) is 11.7. The van der Waals surface area contributed by atoms with Crippen LogP contribution >= 0.6 is 11.3 Å². The van der Waals surface area contributed by atoms with Crippen LogP contribution in [-0.4, -0.2) is 15.9 Å². The van der Waals surface area contributed by atoms with E-state index in [1.54, 1.807) is 24.5 Å². The molecule has 0 bridgehead atoms. The number of thiazole rings is 1. The van der Waals surface area contributed by atoms with Gasteiger partial charge in [0.1, 0.15) is 5.00 Å². The van der Waals surface area contributed by atoms with Gasteiger partial charge in [-0.25, -0.2) is 4.98 Å². The van der Waals surface area contributed by atoms with Crippen LogP contribution in [-0.2, 0) is 0 Å². The smallest absolute Gasteiger partial charge is 0.257 e. The molecule has 21 heavy (non-hydrogen) atoms. The van der Waals surface area contributed by atoms with Gasteiger partial charge >= 0.3 is 0 Å². The van der Waals surface area contributed by atoms with Crippen molar-refractivity contribution in [2.75, 3.05) is 11.1 Å². The van der Waals surface area contributed by atoms with Crippen LogP contribution in [0.4, 0.5) is 10.1 Å². The predicted molar refractivity (Wildman–Crippen MR) is 84.5 cm³/mol. The molecule has 1 amide bonds. The number of nitrogens with one attached hydrogen (secondary N) is 1. The lowest BCUT2D eigenvalue weighted by atomic mass is 9.87. The fraction of sp³-hybridized carbons (Fsp3) is 0.400. The zero-order valence-corrected chi connectivity index (χ0v) is 12.5. The lowest BCUT2D eigenvalue weighted by molar-refractivity contribution is 0.102. The van der Waals surface area contributed by atoms with E-state index in [9.17, 15) is 4.79 Å². The van der Waals surface area contributed by atoms with E-state index in [2.05, 4.69) is 15.3 Å². The SMILES string of the molecule is Nc1sc(NC(=O)c2ccncc2)nc1C1CCCCC1. The number of nitrogens with zero attached hydrogens (tertiary/aromatic N) is 2. The molecule has 0 atom stereocenters. The average molecular weight is 302 g/mol. The summed E-state index contributed by atoms with van der Waals surface area (Å²) in [7, 11) is 0. The van der Waals surface area contributed by atoms with Gasteiger partial charge in [-0.05, 0) is 25.0 Å². The Morgan fingerprint density at radius 3 is 2.67 bits per heavy atom. The van der Waals surface area contributed by atoms with Gasteiger partial charge < -0.3 is 5.73 Å². The van der Waals surface area contributed by atoms with Crippen molar-refractivity contribution in [3.8, 4) is 0 Å². The van der Waals surface area contributed by atoms with E-state index < -0.39 is 0 Å². The molecule has 2 heterocycles. The Balaban J connectivity index is 1.73. The first-order chi connectivity index (χ1) is 10.2. The van der Waals surface area contributed by atoms with Gasteiger partial charge in [-0.2, -0.15) is 0 Å². The highest BCUT2D eigenvalue weighted by Crippen LogP contribution is 2.38. The van der Waals surface area contributed by atoms with Crippen molar-refractivity contribution < 1.29 is 4.79 Å². The molecule has 2 aromatic rings. The molecule has 1 fully saturated rings. The number of aromatic nitrogens is 2. The molecule has 0 aromatic carbocycles. The van der Waals surface area contributed by atoms with Gasteiger partial charge in [0.2, 0.25) is 0 Å². The summed E-state index contributed by atoms with van der Waals surface area (Å²) in [5.41, 5.74) is 7.61. The summed E-state index contributed by atoms with van der Waals surface area (Å²) in [6.07, 6.45) is 9.25. The first-order valence-corrected chi connectivity index (χ1v) is 8.03. The fourth-order valence-electron chi connectivity index (χ4n) is 2.74. The number of hydrogen-bond acceptors (Lipinski definition) is 5. The van der Waals surface area contributed by atoms with Crippen LogP contribution in [0.25, 0.3) is 0 Å². The molecule has 5 nitrogen and oxygen atoms in total. The minimum Gasteiger partial charge on any atom is -0.389 e. The fourth-order valence-corrected chi connectivity index (χ4v) is 3.55. The molecule has 2 aromatic heterocycles. The first kappa shape index (κ1) is 14.0. The van der Waals surface area contributed by atoms with E-state index in [0.29, 0.717) is 16.6 Å². The quantitative estimate of drug-likeness (QED) is 0.910. The molecule has 0 spiro atoms. The second-order valence-corrected chi connectivity index (χ2v) is 6.32. The Morgan fingerprint density at radius 2 is 1.95 bits per heavy atom. The number of carbonyl (C=O) groups excluding carboxylic acids is 1. The van der Waals surface area contributed by atoms with Crippen LogP contribution in [0.3, 0.4) is 0 Å². The minimum atomic E-state index is -0.179. The summed E-state index contributed by atoms with van der Waals surface area (Å²) in [5.74, 6) is 0.267. The molecule has 3 N–H and O–H groups in total. The molecule has 0 saturated heterocycles. The topological polar surface area (TPSA) is 80.9 Å². The van der Waals surface area contributed by atoms with E-state index >= 15 is 0 Å². The molecular weight excluding hydrogens is 284 g/mol. The first-order valence-electron chi connectivity index (χ1n) is 7.21. The third kappa shape index (κ3) is 3.21.